The first-order valence-corrected chi connectivity index (χ1v) is 8.14. The van der Waals surface area contributed by atoms with Gasteiger partial charge in [-0.15, -0.1) is 11.3 Å². The number of primary amides is 1. The molecule has 0 aliphatic carbocycles. The van der Waals surface area contributed by atoms with Crippen molar-refractivity contribution < 1.29 is 14.3 Å². The van der Waals surface area contributed by atoms with E-state index >= 15 is 0 Å². The van der Waals surface area contributed by atoms with Gasteiger partial charge in [-0.3, -0.25) is 4.79 Å². The molecule has 122 valence electrons. The van der Waals surface area contributed by atoms with Crippen LogP contribution in [0.25, 0.3) is 16.3 Å². The lowest BCUT2D eigenvalue weighted by Gasteiger charge is -2.10. The molecule has 0 fully saturated rings. The van der Waals surface area contributed by atoms with Gasteiger partial charge in [-0.1, -0.05) is 24.3 Å². The van der Waals surface area contributed by atoms with Crippen molar-refractivity contribution in [1.82, 2.24) is 9.78 Å². The summed E-state index contributed by atoms with van der Waals surface area (Å²) in [6, 6.07) is 14.7. The molecule has 0 unspecified atom stereocenters. The average Bonchev–Trinajstić information content (AvgIpc) is 3.24. The van der Waals surface area contributed by atoms with Crippen LogP contribution in [0.2, 0.25) is 0 Å². The molecule has 3 rings (SSSR count). The van der Waals surface area contributed by atoms with Gasteiger partial charge in [0.2, 0.25) is 0 Å². The number of nitrogens with two attached hydrogens (primary N) is 1. The summed E-state index contributed by atoms with van der Waals surface area (Å²) in [4.78, 5) is 24.5. The average molecular weight is 341 g/mol. The molecule has 7 heteroatoms. The maximum Gasteiger partial charge on any atom is 0.357 e. The summed E-state index contributed by atoms with van der Waals surface area (Å²) >= 11 is 1.52. The Bertz CT molecular complexity index is 857. The molecule has 1 aromatic carbocycles. The van der Waals surface area contributed by atoms with Crippen LogP contribution >= 0.6 is 11.3 Å². The largest absolute Gasteiger partial charge is 0.448 e. The molecule has 0 radical (unpaired) electrons. The molecular formula is C17H15N3O3S. The smallest absolute Gasteiger partial charge is 0.357 e. The molecule has 0 aliphatic rings. The summed E-state index contributed by atoms with van der Waals surface area (Å²) in [6.45, 7) is 1.43. The van der Waals surface area contributed by atoms with Crippen LogP contribution in [0.4, 0.5) is 0 Å². The molecule has 1 amide bonds. The number of thiophene rings is 1. The zero-order valence-electron chi connectivity index (χ0n) is 12.9. The van der Waals surface area contributed by atoms with Gasteiger partial charge in [0, 0.05) is 6.07 Å². The predicted octanol–water partition coefficient (Wildman–Crippen LogP) is 2.63. The summed E-state index contributed by atoms with van der Waals surface area (Å²) < 4.78 is 6.62. The molecular weight excluding hydrogens is 326 g/mol. The molecule has 3 aromatic rings. The Balaban J connectivity index is 2.03. The van der Waals surface area contributed by atoms with Gasteiger partial charge < -0.3 is 10.5 Å². The van der Waals surface area contributed by atoms with Crippen molar-refractivity contribution in [2.75, 3.05) is 0 Å². The van der Waals surface area contributed by atoms with Gasteiger partial charge in [0.25, 0.3) is 5.91 Å². The van der Waals surface area contributed by atoms with E-state index in [0.717, 1.165) is 10.6 Å². The Morgan fingerprint density at radius 1 is 1.21 bits per heavy atom. The third-order valence-electron chi connectivity index (χ3n) is 3.38. The highest BCUT2D eigenvalue weighted by molar-refractivity contribution is 7.13. The van der Waals surface area contributed by atoms with E-state index in [-0.39, 0.29) is 5.69 Å². The molecule has 24 heavy (non-hydrogen) atoms. The number of hydrogen-bond donors (Lipinski definition) is 1. The molecule has 0 bridgehead atoms. The zero-order valence-corrected chi connectivity index (χ0v) is 13.7. The molecule has 1 atom stereocenters. The summed E-state index contributed by atoms with van der Waals surface area (Å²) in [5.41, 5.74) is 6.77. The maximum absolute atomic E-state index is 12.4. The van der Waals surface area contributed by atoms with Crippen LogP contribution in [0.5, 0.6) is 0 Å². The van der Waals surface area contributed by atoms with Gasteiger partial charge in [0.15, 0.2) is 11.8 Å². The minimum Gasteiger partial charge on any atom is -0.448 e. The number of carbonyl (C=O) groups is 2. The van der Waals surface area contributed by atoms with Crippen LogP contribution in [0.15, 0.2) is 53.9 Å². The van der Waals surface area contributed by atoms with E-state index < -0.39 is 18.0 Å². The van der Waals surface area contributed by atoms with Crippen molar-refractivity contribution in [2.24, 2.45) is 5.73 Å². The topological polar surface area (TPSA) is 87.2 Å². The second kappa shape index (κ2) is 6.67. The lowest BCUT2D eigenvalue weighted by atomic mass is 10.3. The Morgan fingerprint density at radius 2 is 1.96 bits per heavy atom. The van der Waals surface area contributed by atoms with Crippen molar-refractivity contribution >= 4 is 23.2 Å². The summed E-state index contributed by atoms with van der Waals surface area (Å²) in [6.07, 6.45) is -1.01. The normalized spacial score (nSPS) is 11.9. The summed E-state index contributed by atoms with van der Waals surface area (Å²) in [5.74, 6) is -1.35. The highest BCUT2D eigenvalue weighted by atomic mass is 32.1. The fourth-order valence-electron chi connectivity index (χ4n) is 2.12. The molecule has 2 heterocycles. The van der Waals surface area contributed by atoms with E-state index in [1.54, 1.807) is 6.07 Å². The first-order chi connectivity index (χ1) is 11.6. The first-order valence-electron chi connectivity index (χ1n) is 7.26. The lowest BCUT2D eigenvalue weighted by Crippen LogP contribution is -2.31. The number of hydrogen-bond acceptors (Lipinski definition) is 5. The Morgan fingerprint density at radius 3 is 2.58 bits per heavy atom. The number of ether oxygens (including phenoxy) is 1. The number of benzene rings is 1. The monoisotopic (exact) mass is 341 g/mol. The minimum atomic E-state index is -1.01. The fraction of sp³-hybridized carbons (Fsp3) is 0.118. The van der Waals surface area contributed by atoms with Crippen LogP contribution < -0.4 is 5.73 Å². The molecule has 0 saturated carbocycles. The SMILES string of the molecule is C[C@H](OC(=O)c1cc(-c2cccs2)nn1-c1ccccc1)C(N)=O. The number of aromatic nitrogens is 2. The summed E-state index contributed by atoms with van der Waals surface area (Å²) in [7, 11) is 0. The van der Waals surface area contributed by atoms with Crippen molar-refractivity contribution in [3.63, 3.8) is 0 Å². The van der Waals surface area contributed by atoms with Crippen molar-refractivity contribution in [3.8, 4) is 16.3 Å². The van der Waals surface area contributed by atoms with Gasteiger partial charge in [-0.2, -0.15) is 5.10 Å². The van der Waals surface area contributed by atoms with E-state index in [4.69, 9.17) is 10.5 Å². The summed E-state index contributed by atoms with van der Waals surface area (Å²) in [5, 5.41) is 6.44. The third kappa shape index (κ3) is 3.21. The molecule has 0 saturated heterocycles. The highest BCUT2D eigenvalue weighted by Gasteiger charge is 2.22. The van der Waals surface area contributed by atoms with Crippen molar-refractivity contribution in [2.45, 2.75) is 13.0 Å². The molecule has 0 spiro atoms. The van der Waals surface area contributed by atoms with Gasteiger partial charge in [-0.05, 0) is 30.5 Å². The number of rotatable bonds is 5. The van der Waals surface area contributed by atoms with E-state index in [1.807, 2.05) is 47.8 Å². The molecule has 0 aliphatic heterocycles. The zero-order chi connectivity index (χ0) is 17.1. The quantitative estimate of drug-likeness (QED) is 0.723. The van der Waals surface area contributed by atoms with Crippen LogP contribution in [-0.2, 0) is 9.53 Å². The van der Waals surface area contributed by atoms with Gasteiger partial charge in [-0.25, -0.2) is 9.48 Å². The second-order valence-corrected chi connectivity index (χ2v) is 6.04. The lowest BCUT2D eigenvalue weighted by molar-refractivity contribution is -0.125. The van der Waals surface area contributed by atoms with E-state index in [0.29, 0.717) is 5.69 Å². The highest BCUT2D eigenvalue weighted by Crippen LogP contribution is 2.26. The van der Waals surface area contributed by atoms with Gasteiger partial charge >= 0.3 is 5.97 Å². The van der Waals surface area contributed by atoms with Gasteiger partial charge in [0.05, 0.1) is 10.6 Å². The van der Waals surface area contributed by atoms with Crippen LogP contribution in [0.3, 0.4) is 0 Å². The van der Waals surface area contributed by atoms with Crippen molar-refractivity contribution in [1.29, 1.82) is 0 Å². The van der Waals surface area contributed by atoms with Crippen LogP contribution in [-0.4, -0.2) is 27.8 Å². The second-order valence-electron chi connectivity index (χ2n) is 5.09. The predicted molar refractivity (Wildman–Crippen MR) is 90.9 cm³/mol. The minimum absolute atomic E-state index is 0.234. The number of para-hydroxylation sites is 1. The molecule has 2 N–H and O–H groups in total. The number of nitrogens with zero attached hydrogens (tertiary/aromatic N) is 2. The fourth-order valence-corrected chi connectivity index (χ4v) is 2.80. The molecule has 2 aromatic heterocycles. The Labute approximate surface area is 142 Å². The maximum atomic E-state index is 12.4. The van der Waals surface area contributed by atoms with E-state index in [1.165, 1.54) is 22.9 Å². The van der Waals surface area contributed by atoms with E-state index in [9.17, 15) is 9.59 Å². The number of esters is 1. The Kier molecular flexibility index (Phi) is 4.43. The first kappa shape index (κ1) is 15.9. The number of amides is 1. The Hall–Kier alpha value is -2.93. The molecule has 6 nitrogen and oxygen atoms in total. The van der Waals surface area contributed by atoms with Gasteiger partial charge in [0.1, 0.15) is 5.69 Å². The van der Waals surface area contributed by atoms with Crippen molar-refractivity contribution in [3.05, 3.63) is 59.6 Å². The number of carbonyl (C=O) groups excluding carboxylic acids is 2. The van der Waals surface area contributed by atoms with Crippen LogP contribution in [0.1, 0.15) is 17.4 Å². The van der Waals surface area contributed by atoms with Crippen LogP contribution in [0, 0.1) is 0 Å². The standard InChI is InChI=1S/C17H15N3O3S/c1-11(16(18)21)23-17(22)14-10-13(15-8-5-9-24-15)19-20(14)12-6-3-2-4-7-12/h2-11H,1H3,(H2,18,21)/t11-/m0/s1. The van der Waals surface area contributed by atoms with E-state index in [2.05, 4.69) is 5.10 Å². The third-order valence-corrected chi connectivity index (χ3v) is 4.27.